The zero-order valence-corrected chi connectivity index (χ0v) is 77.8. The highest BCUT2D eigenvalue weighted by atomic mass is 32.1. The number of carbonyl (C=O) groups is 21. The summed E-state index contributed by atoms with van der Waals surface area (Å²) in [5.74, 6) is -32.6. The summed E-state index contributed by atoms with van der Waals surface area (Å²) in [5.41, 5.74) is 14.6. The van der Waals surface area contributed by atoms with E-state index < -0.39 is 338 Å². The van der Waals surface area contributed by atoms with Gasteiger partial charge in [0.15, 0.2) is 5.82 Å². The van der Waals surface area contributed by atoms with E-state index in [2.05, 4.69) is 42.3 Å². The molecule has 0 saturated heterocycles. The number of carboxylic acids is 10. The largest absolute Gasteiger partial charge is 0.481 e. The van der Waals surface area contributed by atoms with Crippen LogP contribution in [0, 0.1) is 36.4 Å². The van der Waals surface area contributed by atoms with Gasteiger partial charge in [-0.2, -0.15) is 140 Å². The Bertz CT molecular complexity index is 4480. The number of fused-ring (bicyclic) bond motifs is 1. The molecule has 10 atom stereocenters. The first-order chi connectivity index (χ1) is 54.9. The maximum Gasteiger partial charge on any atom is 0.326 e. The molecule has 0 unspecified atom stereocenters. The van der Waals surface area contributed by atoms with Crippen LogP contribution >= 0.6 is 135 Å². The average molecular weight is 1990 g/mol. The van der Waals surface area contributed by atoms with Crippen molar-refractivity contribution >= 4 is 287 Å². The van der Waals surface area contributed by atoms with E-state index in [-0.39, 0.29) is 152 Å². The van der Waals surface area contributed by atoms with E-state index in [1.807, 2.05) is 0 Å². The minimum atomic E-state index is -1.82. The number of ketones is 4. The molecule has 1 aromatic heterocycles. The number of carbonyl (C=O) groups excluding carboxylic acids is 11. The van der Waals surface area contributed by atoms with Crippen molar-refractivity contribution < 1.29 is 156 Å². The maximum atomic E-state index is 14.2. The average Bonchev–Trinajstić information content (AvgIpc) is 1.62. The number of carboxylic acid groups (broad SMARTS) is 10. The van der Waals surface area contributed by atoms with Crippen LogP contribution in [0.1, 0.15) is 158 Å². The van der Waals surface area contributed by atoms with Gasteiger partial charge in [0, 0.05) is 89.2 Å². The second-order valence-electron chi connectivity index (χ2n) is 27.4. The molecular formula is C74H110FN11O31S10. The summed E-state index contributed by atoms with van der Waals surface area (Å²) in [6, 6.07) is 4.14. The van der Waals surface area contributed by atoms with Crippen LogP contribution in [0.5, 0.6) is 0 Å². The van der Waals surface area contributed by atoms with Gasteiger partial charge in [-0.15, -0.1) is 5.10 Å². The third kappa shape index (κ3) is 46.5. The number of aliphatic carboxylic acids is 10. The Morgan fingerprint density at radius 1 is 0.386 bits per heavy atom. The second kappa shape index (κ2) is 64.7. The Hall–Kier alpha value is -10.0. The van der Waals surface area contributed by atoms with Crippen molar-refractivity contribution in [1.82, 2.24) is 36.4 Å². The van der Waals surface area contributed by atoms with Gasteiger partial charge in [0.05, 0.1) is 52.7 Å². The molecule has 0 aliphatic heterocycles. The van der Waals surface area contributed by atoms with E-state index in [0.29, 0.717) is 27.8 Å². The lowest BCUT2D eigenvalue weighted by Gasteiger charge is -2.18. The number of amides is 7. The minimum Gasteiger partial charge on any atom is -0.481 e. The molecule has 0 aliphatic carbocycles. The molecule has 127 heavy (non-hydrogen) atoms. The first kappa shape index (κ1) is 130. The van der Waals surface area contributed by atoms with Gasteiger partial charge in [-0.1, -0.05) is 30.3 Å². The monoisotopic (exact) mass is 1990 g/mol. The highest BCUT2D eigenvalue weighted by Crippen LogP contribution is 2.34. The normalized spacial score (nSPS) is 12.5. The van der Waals surface area contributed by atoms with Crippen LogP contribution in [0.4, 0.5) is 26.4 Å². The molecule has 53 heteroatoms. The standard InChI is InChI=1S/C74H90FN11O31.10H2S/c1-35-5-18-47(75)54(29-35)84-74(117)78-41-12-6-36(7-13-41)46-3-2-4-55-62(46)63(77)85-86(55)60(95)34-48(76)64(98)83-53(73(115)116)22-17-45(90)33-40(68(105)106)10-26-58(93)81-51(71(111)112)20-15-43(88)31-38(66(101)102)8-24-56(91)79-49(69(107)108)19-14-42(87)30-37(65(99)100)9-25-57(92)80-50(70(109)110)21-16-44(89)32-39(67(103)104)11-27-59(94)82-52(72(113)114)23-28-61(96)97;;;;;;;;;;/h2-7,12-13,18,29,37-40,48-53H,8-11,14-17,19-28,30-34,76H2,1H3,(H2,77,85)(H,79,91)(H,80,92)(H,81,93)(H,82,94)(H,83,98)(H,96,97)(H,99,100)(H,101,102)(H,103,104)(H,105,106)(H,107,108)(H,109,110)(H,111,112)(H,113,114)(H,115,116)(H2,78,84,117);10*1H2/t37-,38-,39-,40-,48+,49+,50+,51+,52+,53+;;;;;;;;;;/m1........../s1. The number of benzene rings is 3. The number of hydrogen-bond acceptors (Lipinski definition) is 24. The molecule has 0 saturated carbocycles. The SMILES string of the molecule is Cc1ccc(F)c(NC(=O)Nc2ccc(-c3cccc4c3c(N)nn4C(=O)C[C@H](N)C(=O)N[C@@H](CCC(=O)C[C@@H](CCC(=O)N[C@@H](CCC(=O)C[C@@H](CCC(=O)N[C@@H](CCC(=O)C[C@@H](CCC(=O)N[C@@H](CCC(=O)C[C@@H](CCC(=O)N[C@@H](CCC(=O)O)C(=O)O)C(=O)O)C(=O)O)C(=O)O)C(=O)O)C(=O)O)C(=O)O)C(=O)O)C(=O)O)cc2)c1.S.S.S.S.S.S.S.S.S.S. The predicted molar refractivity (Wildman–Crippen MR) is 502 cm³/mol. The molecule has 0 aliphatic rings. The number of rotatable bonds is 55. The Morgan fingerprint density at radius 2 is 0.709 bits per heavy atom. The van der Waals surface area contributed by atoms with Crippen LogP contribution in [-0.4, -0.2) is 221 Å². The quantitative estimate of drug-likeness (QED) is 0.0301. The van der Waals surface area contributed by atoms with E-state index >= 15 is 0 Å². The Kier molecular flexibility index (Phi) is 66.3. The van der Waals surface area contributed by atoms with Crippen molar-refractivity contribution in [1.29, 1.82) is 0 Å². The summed E-state index contributed by atoms with van der Waals surface area (Å²) in [4.78, 5) is 261. The number of nitrogens with two attached hydrogens (primary N) is 2. The van der Waals surface area contributed by atoms with Gasteiger partial charge >= 0.3 is 65.7 Å². The number of hydrogen-bond donors (Lipinski definition) is 19. The maximum absolute atomic E-state index is 14.2. The van der Waals surface area contributed by atoms with Crippen LogP contribution < -0.4 is 48.7 Å². The summed E-state index contributed by atoms with van der Waals surface area (Å²) < 4.78 is 15.1. The van der Waals surface area contributed by atoms with Crippen molar-refractivity contribution in [3.05, 3.63) is 72.0 Å². The molecule has 4 aromatic rings. The van der Waals surface area contributed by atoms with Crippen molar-refractivity contribution in [2.24, 2.45) is 29.4 Å². The van der Waals surface area contributed by atoms with Crippen LogP contribution in [-0.2, 0) is 91.1 Å². The van der Waals surface area contributed by atoms with Crippen LogP contribution in [0.25, 0.3) is 22.0 Å². The zero-order chi connectivity index (χ0) is 87.7. The second-order valence-corrected chi connectivity index (χ2v) is 27.4. The zero-order valence-electron chi connectivity index (χ0n) is 67.8. The highest BCUT2D eigenvalue weighted by Gasteiger charge is 2.34. The number of nitrogens with one attached hydrogen (secondary N) is 7. The van der Waals surface area contributed by atoms with Gasteiger partial charge in [-0.25, -0.2) is 33.2 Å². The lowest BCUT2D eigenvalue weighted by Crippen LogP contribution is -2.49. The fraction of sp³-hybridized carbons (Fsp3) is 0.459. The topological polar surface area (TPSA) is 715 Å². The van der Waals surface area contributed by atoms with Crippen molar-refractivity contribution in [2.45, 2.75) is 191 Å². The summed E-state index contributed by atoms with van der Waals surface area (Å²) in [6.45, 7) is 1.73. The summed E-state index contributed by atoms with van der Waals surface area (Å²) >= 11 is 0. The molecule has 0 bridgehead atoms. The number of nitrogens with zero attached hydrogens (tertiary/aromatic N) is 2. The van der Waals surface area contributed by atoms with Crippen molar-refractivity contribution in [2.75, 3.05) is 16.4 Å². The number of halogens is 1. The number of Topliss-reactive ketones (excluding diaryl/α,β-unsaturated/α-hetero) is 4. The number of anilines is 3. The van der Waals surface area contributed by atoms with Gasteiger partial charge in [0.1, 0.15) is 59.2 Å². The fourth-order valence-electron chi connectivity index (χ4n) is 11.8. The molecule has 4 rings (SSSR count). The highest BCUT2D eigenvalue weighted by molar-refractivity contribution is 7.60. The molecule has 21 N–H and O–H groups in total. The van der Waals surface area contributed by atoms with E-state index in [1.54, 1.807) is 49.4 Å². The van der Waals surface area contributed by atoms with Crippen LogP contribution in [0.2, 0.25) is 0 Å². The van der Waals surface area contributed by atoms with Crippen molar-refractivity contribution in [3.8, 4) is 11.1 Å². The first-order valence-electron chi connectivity index (χ1n) is 36.3. The predicted octanol–water partition coefficient (Wildman–Crippen LogP) is 3.46. The first-order valence-corrected chi connectivity index (χ1v) is 36.3. The summed E-state index contributed by atoms with van der Waals surface area (Å²) in [6.07, 6.45) is -15.0. The number of aromatic nitrogens is 2. The summed E-state index contributed by atoms with van der Waals surface area (Å²) in [5, 5.41) is 116. The molecular weight excluding hydrogens is 1880 g/mol. The molecule has 0 fully saturated rings. The Balaban J connectivity index is -0.00000288. The molecule has 0 radical (unpaired) electrons. The lowest BCUT2D eigenvalue weighted by molar-refractivity contribution is -0.146. The van der Waals surface area contributed by atoms with Crippen LogP contribution in [0.3, 0.4) is 0 Å². The summed E-state index contributed by atoms with van der Waals surface area (Å²) in [7, 11) is 0. The lowest BCUT2D eigenvalue weighted by atomic mass is 9.93. The number of urea groups is 1. The van der Waals surface area contributed by atoms with Gasteiger partial charge in [-0.3, -0.25) is 71.9 Å². The number of nitrogen functional groups attached to an aromatic ring is 1. The van der Waals surface area contributed by atoms with Gasteiger partial charge in [-0.05, 0) is 112 Å². The third-order valence-corrected chi connectivity index (χ3v) is 18.3. The Labute approximate surface area is 794 Å². The fourth-order valence-corrected chi connectivity index (χ4v) is 11.8. The Morgan fingerprint density at radius 3 is 1.02 bits per heavy atom. The molecule has 3 aromatic carbocycles. The van der Waals surface area contributed by atoms with E-state index in [0.717, 1.165) is 4.68 Å². The van der Waals surface area contributed by atoms with Gasteiger partial charge in [0.2, 0.25) is 35.4 Å². The van der Waals surface area contributed by atoms with E-state index in [4.69, 9.17) is 16.6 Å². The van der Waals surface area contributed by atoms with Crippen LogP contribution in [0.15, 0.2) is 60.7 Å². The molecule has 714 valence electrons. The minimum absolute atomic E-state index is 0. The molecule has 0 spiro atoms. The smallest absolute Gasteiger partial charge is 0.326 e. The molecule has 7 amide bonds. The molecule has 42 nitrogen and oxygen atoms in total. The van der Waals surface area contributed by atoms with Gasteiger partial charge < -0.3 is 99.8 Å². The van der Waals surface area contributed by atoms with E-state index in [9.17, 15) is 151 Å². The van der Waals surface area contributed by atoms with E-state index in [1.165, 1.54) is 18.2 Å². The number of aryl methyl sites for hydroxylation is 1. The third-order valence-electron chi connectivity index (χ3n) is 18.3. The molecule has 1 heterocycles. The van der Waals surface area contributed by atoms with Crippen molar-refractivity contribution in [3.63, 3.8) is 0 Å². The van der Waals surface area contributed by atoms with Gasteiger partial charge in [0.25, 0.3) is 0 Å².